The molecule has 1 aliphatic rings. The molecular weight excluding hydrogens is 248 g/mol. The number of hydrogen-bond donors (Lipinski definition) is 1. The van der Waals surface area contributed by atoms with Crippen molar-refractivity contribution in [2.75, 3.05) is 18.0 Å². The maximum absolute atomic E-state index is 10.8. The topological polar surface area (TPSA) is 83.7 Å². The lowest BCUT2D eigenvalue weighted by Crippen LogP contribution is -2.20. The number of carboxylic acids is 1. The molecule has 1 heterocycles. The summed E-state index contributed by atoms with van der Waals surface area (Å²) >= 11 is 0. The average Bonchev–Trinajstić information content (AvgIpc) is 2.75. The van der Waals surface area contributed by atoms with E-state index in [0.717, 1.165) is 18.7 Å². The predicted molar refractivity (Wildman–Crippen MR) is 70.4 cm³/mol. The first-order valence-corrected chi connectivity index (χ1v) is 6.19. The summed E-state index contributed by atoms with van der Waals surface area (Å²) in [6, 6.07) is 5.03. The fraction of sp³-hybridized carbons (Fsp3) is 0.462. The van der Waals surface area contributed by atoms with Gasteiger partial charge < -0.3 is 10.0 Å². The van der Waals surface area contributed by atoms with Crippen molar-refractivity contribution in [2.24, 2.45) is 5.92 Å². The Labute approximate surface area is 110 Å². The molecule has 102 valence electrons. The molecule has 1 saturated heterocycles. The van der Waals surface area contributed by atoms with E-state index in [9.17, 15) is 14.9 Å². The molecule has 1 N–H and O–H groups in total. The van der Waals surface area contributed by atoms with Gasteiger partial charge >= 0.3 is 5.97 Å². The summed E-state index contributed by atoms with van der Waals surface area (Å²) in [5.74, 6) is -0.611. The molecule has 0 spiro atoms. The fourth-order valence-corrected chi connectivity index (χ4v) is 2.52. The number of carbonyl (C=O) groups is 1. The highest BCUT2D eigenvalue weighted by atomic mass is 16.6. The van der Waals surface area contributed by atoms with E-state index < -0.39 is 10.9 Å². The maximum Gasteiger partial charge on any atom is 0.303 e. The molecule has 2 rings (SSSR count). The maximum atomic E-state index is 10.8. The van der Waals surface area contributed by atoms with Crippen molar-refractivity contribution in [1.82, 2.24) is 0 Å². The van der Waals surface area contributed by atoms with Gasteiger partial charge in [0.05, 0.1) is 4.92 Å². The van der Waals surface area contributed by atoms with Crippen LogP contribution in [0.15, 0.2) is 18.2 Å². The second-order valence-corrected chi connectivity index (χ2v) is 4.93. The second-order valence-electron chi connectivity index (χ2n) is 4.93. The molecule has 0 bridgehead atoms. The molecule has 1 atom stereocenters. The summed E-state index contributed by atoms with van der Waals surface area (Å²) in [5.41, 5.74) is 1.67. The Morgan fingerprint density at radius 1 is 1.58 bits per heavy atom. The van der Waals surface area contributed by atoms with Gasteiger partial charge in [-0.05, 0) is 31.4 Å². The monoisotopic (exact) mass is 264 g/mol. The van der Waals surface area contributed by atoms with Crippen molar-refractivity contribution in [3.05, 3.63) is 33.9 Å². The zero-order valence-corrected chi connectivity index (χ0v) is 10.7. The Balaban J connectivity index is 2.09. The Morgan fingerprint density at radius 3 is 2.89 bits per heavy atom. The SMILES string of the molecule is Cc1cc(N2CCC(CC(=O)O)C2)ccc1[N+](=O)[O-]. The van der Waals surface area contributed by atoms with Crippen LogP contribution in [0.4, 0.5) is 11.4 Å². The van der Waals surface area contributed by atoms with Gasteiger partial charge in [-0.25, -0.2) is 0 Å². The number of aliphatic carboxylic acids is 1. The van der Waals surface area contributed by atoms with Gasteiger partial charge in [-0.2, -0.15) is 0 Å². The number of carboxylic acid groups (broad SMARTS) is 1. The third-order valence-electron chi connectivity index (χ3n) is 3.49. The van der Waals surface area contributed by atoms with Crippen LogP contribution in [0, 0.1) is 23.0 Å². The lowest BCUT2D eigenvalue weighted by atomic mass is 10.1. The smallest absolute Gasteiger partial charge is 0.303 e. The summed E-state index contributed by atoms with van der Waals surface area (Å²) in [6.07, 6.45) is 1.03. The molecule has 0 aromatic heterocycles. The first-order valence-electron chi connectivity index (χ1n) is 6.19. The summed E-state index contributed by atoms with van der Waals surface area (Å²) in [7, 11) is 0. The zero-order valence-electron chi connectivity index (χ0n) is 10.7. The van der Waals surface area contributed by atoms with Gasteiger partial charge in [0, 0.05) is 36.8 Å². The highest BCUT2D eigenvalue weighted by molar-refractivity contribution is 5.67. The van der Waals surface area contributed by atoms with E-state index in [1.807, 2.05) is 0 Å². The van der Waals surface area contributed by atoms with Crippen LogP contribution in [0.5, 0.6) is 0 Å². The van der Waals surface area contributed by atoms with Crippen LogP contribution >= 0.6 is 0 Å². The molecular formula is C13H16N2O4. The van der Waals surface area contributed by atoms with Crippen LogP contribution in [-0.2, 0) is 4.79 Å². The molecule has 0 aliphatic carbocycles. The third-order valence-corrected chi connectivity index (χ3v) is 3.49. The van der Waals surface area contributed by atoms with E-state index in [1.165, 1.54) is 6.07 Å². The van der Waals surface area contributed by atoms with Gasteiger partial charge in [-0.1, -0.05) is 0 Å². The summed E-state index contributed by atoms with van der Waals surface area (Å²) < 4.78 is 0. The van der Waals surface area contributed by atoms with Crippen molar-refractivity contribution in [3.8, 4) is 0 Å². The molecule has 0 saturated carbocycles. The third kappa shape index (κ3) is 3.01. The van der Waals surface area contributed by atoms with Crippen molar-refractivity contribution >= 4 is 17.3 Å². The highest BCUT2D eigenvalue weighted by Gasteiger charge is 2.25. The molecule has 1 unspecified atom stereocenters. The minimum Gasteiger partial charge on any atom is -0.481 e. The molecule has 0 radical (unpaired) electrons. The van der Waals surface area contributed by atoms with Crippen LogP contribution in [0.25, 0.3) is 0 Å². The Hall–Kier alpha value is -2.11. The van der Waals surface area contributed by atoms with Crippen LogP contribution in [0.2, 0.25) is 0 Å². The van der Waals surface area contributed by atoms with E-state index in [2.05, 4.69) is 4.90 Å². The number of rotatable bonds is 4. The fourth-order valence-electron chi connectivity index (χ4n) is 2.52. The average molecular weight is 264 g/mol. The number of hydrogen-bond acceptors (Lipinski definition) is 4. The predicted octanol–water partition coefficient (Wildman–Crippen LogP) is 2.20. The van der Waals surface area contributed by atoms with Gasteiger partial charge in [0.2, 0.25) is 0 Å². The van der Waals surface area contributed by atoms with E-state index in [1.54, 1.807) is 19.1 Å². The number of anilines is 1. The molecule has 6 heteroatoms. The molecule has 19 heavy (non-hydrogen) atoms. The summed E-state index contributed by atoms with van der Waals surface area (Å²) in [4.78, 5) is 23.1. The van der Waals surface area contributed by atoms with Crippen molar-refractivity contribution in [1.29, 1.82) is 0 Å². The number of nitro groups is 1. The number of benzene rings is 1. The van der Waals surface area contributed by atoms with Crippen LogP contribution in [0.3, 0.4) is 0 Å². The Kier molecular flexibility index (Phi) is 3.69. The van der Waals surface area contributed by atoms with Gasteiger partial charge in [0.1, 0.15) is 0 Å². The normalized spacial score (nSPS) is 18.6. The standard InChI is InChI=1S/C13H16N2O4/c1-9-6-11(2-3-12(9)15(18)19)14-5-4-10(8-14)7-13(16)17/h2-3,6,10H,4-5,7-8H2,1H3,(H,16,17). The number of aryl methyl sites for hydroxylation is 1. The van der Waals surface area contributed by atoms with Gasteiger partial charge in [0.25, 0.3) is 5.69 Å². The van der Waals surface area contributed by atoms with Crippen LogP contribution < -0.4 is 4.90 Å². The minimum atomic E-state index is -0.772. The van der Waals surface area contributed by atoms with Crippen molar-refractivity contribution in [3.63, 3.8) is 0 Å². The van der Waals surface area contributed by atoms with Crippen LogP contribution in [0.1, 0.15) is 18.4 Å². The first kappa shape index (κ1) is 13.3. The molecule has 1 aliphatic heterocycles. The van der Waals surface area contributed by atoms with E-state index >= 15 is 0 Å². The van der Waals surface area contributed by atoms with Gasteiger partial charge in [-0.3, -0.25) is 14.9 Å². The number of nitro benzene ring substituents is 1. The van der Waals surface area contributed by atoms with Gasteiger partial charge in [0.15, 0.2) is 0 Å². The number of nitrogens with zero attached hydrogens (tertiary/aromatic N) is 2. The molecule has 1 aromatic carbocycles. The van der Waals surface area contributed by atoms with Crippen molar-refractivity contribution in [2.45, 2.75) is 19.8 Å². The second kappa shape index (κ2) is 5.26. The highest BCUT2D eigenvalue weighted by Crippen LogP contribution is 2.29. The molecule has 1 aromatic rings. The summed E-state index contributed by atoms with van der Waals surface area (Å²) in [6.45, 7) is 3.21. The Bertz CT molecular complexity index is 515. The van der Waals surface area contributed by atoms with Gasteiger partial charge in [-0.15, -0.1) is 0 Å². The lowest BCUT2D eigenvalue weighted by Gasteiger charge is -2.18. The quantitative estimate of drug-likeness (QED) is 0.665. The molecule has 6 nitrogen and oxygen atoms in total. The Morgan fingerprint density at radius 2 is 2.32 bits per heavy atom. The first-order chi connectivity index (χ1) is 8.97. The largest absolute Gasteiger partial charge is 0.481 e. The summed E-state index contributed by atoms with van der Waals surface area (Å²) in [5, 5.41) is 19.5. The molecule has 1 fully saturated rings. The zero-order chi connectivity index (χ0) is 14.0. The van der Waals surface area contributed by atoms with E-state index in [-0.39, 0.29) is 18.0 Å². The van der Waals surface area contributed by atoms with Crippen molar-refractivity contribution < 1.29 is 14.8 Å². The van der Waals surface area contributed by atoms with E-state index in [0.29, 0.717) is 12.1 Å². The lowest BCUT2D eigenvalue weighted by molar-refractivity contribution is -0.385. The van der Waals surface area contributed by atoms with E-state index in [4.69, 9.17) is 5.11 Å². The minimum absolute atomic E-state index is 0.116. The molecule has 0 amide bonds. The van der Waals surface area contributed by atoms with Crippen LogP contribution in [-0.4, -0.2) is 29.1 Å².